The van der Waals surface area contributed by atoms with Crippen molar-refractivity contribution < 1.29 is 8.42 Å². The molecule has 0 aromatic heterocycles. The molecule has 1 aromatic rings. The van der Waals surface area contributed by atoms with E-state index >= 15 is 0 Å². The Balaban J connectivity index is 1.89. The molecule has 0 radical (unpaired) electrons. The molecule has 2 N–H and O–H groups in total. The smallest absolute Gasteiger partial charge is 0.213 e. The van der Waals surface area contributed by atoms with Gasteiger partial charge in [0.25, 0.3) is 0 Å². The van der Waals surface area contributed by atoms with Crippen LogP contribution in [0, 0.1) is 0 Å². The lowest BCUT2D eigenvalue weighted by Gasteiger charge is -2.27. The van der Waals surface area contributed by atoms with Gasteiger partial charge in [0.1, 0.15) is 0 Å². The first-order valence-corrected chi connectivity index (χ1v) is 9.18. The minimum atomic E-state index is -3.32. The van der Waals surface area contributed by atoms with E-state index in [1.165, 1.54) is 0 Å². The molecule has 0 spiro atoms. The van der Waals surface area contributed by atoms with Gasteiger partial charge in [-0.05, 0) is 18.6 Å². The van der Waals surface area contributed by atoms with Crippen LogP contribution in [0.2, 0.25) is 5.02 Å². The highest BCUT2D eigenvalue weighted by molar-refractivity contribution is 7.89. The van der Waals surface area contributed by atoms with Gasteiger partial charge in [-0.1, -0.05) is 29.8 Å². The van der Waals surface area contributed by atoms with Crippen molar-refractivity contribution >= 4 is 21.6 Å². The number of nitrogens with zero attached hydrogens (tertiary/aromatic N) is 1. The first-order chi connectivity index (χ1) is 9.98. The maximum Gasteiger partial charge on any atom is 0.213 e. The van der Waals surface area contributed by atoms with Gasteiger partial charge in [0.2, 0.25) is 10.0 Å². The third-order valence-corrected chi connectivity index (χ3v) is 5.39. The lowest BCUT2D eigenvalue weighted by Crippen LogP contribution is -2.46. The van der Waals surface area contributed by atoms with Crippen LogP contribution in [0.15, 0.2) is 24.3 Å². The topological polar surface area (TPSA) is 61.4 Å². The molecule has 0 amide bonds. The van der Waals surface area contributed by atoms with E-state index < -0.39 is 10.0 Å². The van der Waals surface area contributed by atoms with Crippen LogP contribution in [-0.2, 0) is 10.0 Å². The lowest BCUT2D eigenvalue weighted by atomic mass is 10.1. The summed E-state index contributed by atoms with van der Waals surface area (Å²) in [7, 11) is -3.32. The van der Waals surface area contributed by atoms with Crippen LogP contribution in [0.5, 0.6) is 0 Å². The number of hydrogen-bond donors (Lipinski definition) is 2. The Kier molecular flexibility index (Phi) is 6.01. The molecule has 1 heterocycles. The molecule has 118 valence electrons. The molecular formula is C14H22ClN3O2S. The van der Waals surface area contributed by atoms with Crippen LogP contribution in [0.25, 0.3) is 0 Å². The molecule has 1 aromatic carbocycles. The van der Waals surface area contributed by atoms with Crippen molar-refractivity contribution in [2.24, 2.45) is 0 Å². The minimum Gasteiger partial charge on any atom is -0.314 e. The highest BCUT2D eigenvalue weighted by Gasteiger charge is 2.19. The normalized spacial score (nSPS) is 18.6. The highest BCUT2D eigenvalue weighted by atomic mass is 35.5. The van der Waals surface area contributed by atoms with Gasteiger partial charge in [-0.15, -0.1) is 0 Å². The molecule has 2 rings (SSSR count). The number of halogens is 1. The summed E-state index contributed by atoms with van der Waals surface area (Å²) in [6.07, 6.45) is 0. The van der Waals surface area contributed by atoms with Crippen molar-refractivity contribution in [3.05, 3.63) is 34.9 Å². The second kappa shape index (κ2) is 7.56. The van der Waals surface area contributed by atoms with Gasteiger partial charge in [-0.2, -0.15) is 0 Å². The van der Waals surface area contributed by atoms with Crippen molar-refractivity contribution in [3.8, 4) is 0 Å². The first kappa shape index (κ1) is 16.7. The van der Waals surface area contributed by atoms with Crippen molar-refractivity contribution in [1.82, 2.24) is 14.9 Å². The van der Waals surface area contributed by atoms with Crippen LogP contribution in [-0.4, -0.2) is 51.8 Å². The number of nitrogens with one attached hydrogen (secondary N) is 2. The van der Waals surface area contributed by atoms with Crippen molar-refractivity contribution in [3.63, 3.8) is 0 Å². The Bertz CT molecular complexity index is 559. The maximum atomic E-state index is 12.2. The number of piperazine rings is 1. The predicted molar refractivity (Wildman–Crippen MR) is 86.1 cm³/mol. The van der Waals surface area contributed by atoms with Gasteiger partial charge >= 0.3 is 0 Å². The summed E-state index contributed by atoms with van der Waals surface area (Å²) >= 11 is 6.10. The van der Waals surface area contributed by atoms with Crippen LogP contribution in [0.1, 0.15) is 18.5 Å². The van der Waals surface area contributed by atoms with E-state index in [1.807, 2.05) is 25.1 Å². The van der Waals surface area contributed by atoms with Gasteiger partial charge in [0.15, 0.2) is 0 Å². The summed E-state index contributed by atoms with van der Waals surface area (Å²) in [5.74, 6) is 0.113. The molecule has 21 heavy (non-hydrogen) atoms. The summed E-state index contributed by atoms with van der Waals surface area (Å²) in [4.78, 5) is 2.16. The van der Waals surface area contributed by atoms with E-state index in [4.69, 9.17) is 11.6 Å². The van der Waals surface area contributed by atoms with Gasteiger partial charge in [-0.3, -0.25) is 4.90 Å². The SMILES string of the molecule is CC(NS(=O)(=O)CCN1CCNCC1)c1ccccc1Cl. The average molecular weight is 332 g/mol. The number of benzene rings is 1. The maximum absolute atomic E-state index is 12.2. The minimum absolute atomic E-state index is 0.113. The molecular weight excluding hydrogens is 310 g/mol. The Hall–Kier alpha value is -0.660. The van der Waals surface area contributed by atoms with Crippen LogP contribution in [0.3, 0.4) is 0 Å². The summed E-state index contributed by atoms with van der Waals surface area (Å²) in [5, 5.41) is 3.83. The van der Waals surface area contributed by atoms with Crippen LogP contribution in [0.4, 0.5) is 0 Å². The number of rotatable bonds is 6. The fourth-order valence-electron chi connectivity index (χ4n) is 2.40. The zero-order chi connectivity index (χ0) is 15.3. The highest BCUT2D eigenvalue weighted by Crippen LogP contribution is 2.22. The van der Waals surface area contributed by atoms with Gasteiger partial charge in [0.05, 0.1) is 5.75 Å². The average Bonchev–Trinajstić information content (AvgIpc) is 2.46. The lowest BCUT2D eigenvalue weighted by molar-refractivity contribution is 0.253. The molecule has 1 aliphatic rings. The Morgan fingerprint density at radius 3 is 2.67 bits per heavy atom. The monoisotopic (exact) mass is 331 g/mol. The molecule has 0 bridgehead atoms. The second-order valence-electron chi connectivity index (χ2n) is 5.27. The number of sulfonamides is 1. The van der Waals surface area contributed by atoms with E-state index in [-0.39, 0.29) is 11.8 Å². The second-order valence-corrected chi connectivity index (χ2v) is 7.55. The molecule has 7 heteroatoms. The summed E-state index contributed by atoms with van der Waals surface area (Å²) < 4.78 is 27.0. The molecule has 0 saturated carbocycles. The Morgan fingerprint density at radius 2 is 2.00 bits per heavy atom. The predicted octanol–water partition coefficient (Wildman–Crippen LogP) is 1.23. The number of hydrogen-bond acceptors (Lipinski definition) is 4. The summed E-state index contributed by atoms with van der Waals surface area (Å²) in [6.45, 7) is 6.01. The van der Waals surface area contributed by atoms with E-state index in [0.717, 1.165) is 31.7 Å². The van der Waals surface area contributed by atoms with E-state index in [9.17, 15) is 8.42 Å². The molecule has 5 nitrogen and oxygen atoms in total. The standard InChI is InChI=1S/C14H22ClN3O2S/c1-12(13-4-2-3-5-14(13)15)17-21(19,20)11-10-18-8-6-16-7-9-18/h2-5,12,16-17H,6-11H2,1H3. The van der Waals surface area contributed by atoms with Gasteiger partial charge in [0, 0.05) is 43.8 Å². The molecule has 0 aliphatic carbocycles. The quantitative estimate of drug-likeness (QED) is 0.823. The fourth-order valence-corrected chi connectivity index (χ4v) is 3.98. The van der Waals surface area contributed by atoms with E-state index in [0.29, 0.717) is 11.6 Å². The third-order valence-electron chi connectivity index (χ3n) is 3.61. The van der Waals surface area contributed by atoms with Crippen molar-refractivity contribution in [1.29, 1.82) is 0 Å². The summed E-state index contributed by atoms with van der Waals surface area (Å²) in [6, 6.07) is 6.96. The first-order valence-electron chi connectivity index (χ1n) is 7.15. The molecule has 1 fully saturated rings. The zero-order valence-electron chi connectivity index (χ0n) is 12.2. The van der Waals surface area contributed by atoms with Gasteiger partial charge in [-0.25, -0.2) is 13.1 Å². The van der Waals surface area contributed by atoms with Crippen LogP contribution < -0.4 is 10.0 Å². The fraction of sp³-hybridized carbons (Fsp3) is 0.571. The largest absolute Gasteiger partial charge is 0.314 e. The van der Waals surface area contributed by atoms with Crippen LogP contribution >= 0.6 is 11.6 Å². The third kappa shape index (κ3) is 5.23. The van der Waals surface area contributed by atoms with Crippen molar-refractivity contribution in [2.75, 3.05) is 38.5 Å². The molecule has 1 unspecified atom stereocenters. The summed E-state index contributed by atoms with van der Waals surface area (Å²) in [5.41, 5.74) is 0.796. The van der Waals surface area contributed by atoms with Gasteiger partial charge < -0.3 is 5.32 Å². The molecule has 1 saturated heterocycles. The van der Waals surface area contributed by atoms with Crippen molar-refractivity contribution in [2.45, 2.75) is 13.0 Å². The Labute approximate surface area is 131 Å². The molecule has 1 aliphatic heterocycles. The van der Waals surface area contributed by atoms with E-state index in [1.54, 1.807) is 6.07 Å². The van der Waals surface area contributed by atoms with E-state index in [2.05, 4.69) is 14.9 Å². The molecule has 1 atom stereocenters. The zero-order valence-corrected chi connectivity index (χ0v) is 13.8. The Morgan fingerprint density at radius 1 is 1.33 bits per heavy atom.